The first kappa shape index (κ1) is 29.2. The number of fused-ring (bicyclic) bond motifs is 13. The van der Waals surface area contributed by atoms with Gasteiger partial charge in [-0.1, -0.05) is 83.5 Å². The molecule has 0 unspecified atom stereocenters. The number of benzene rings is 6. The fraction of sp³-hybridized carbons (Fsp3) is 0. The Kier molecular flexibility index (Phi) is 6.05. The van der Waals surface area contributed by atoms with Crippen LogP contribution in [-0.4, -0.2) is 37.5 Å². The van der Waals surface area contributed by atoms with E-state index in [4.69, 9.17) is 15.0 Å². The predicted molar refractivity (Wildman–Crippen MR) is 202 cm³/mol. The molecule has 0 saturated heterocycles. The third-order valence-corrected chi connectivity index (χ3v) is 10.1. The molecule has 0 atom stereocenters. The van der Waals surface area contributed by atoms with Crippen LogP contribution < -0.4 is 0 Å². The van der Waals surface area contributed by atoms with E-state index in [0.717, 1.165) is 88.9 Å². The fourth-order valence-electron chi connectivity index (χ4n) is 8.00. The number of imidazole rings is 4. The van der Waals surface area contributed by atoms with E-state index in [-0.39, 0.29) is 21.1 Å². The third-order valence-electron chi connectivity index (χ3n) is 10.1. The maximum atomic E-state index is 5.10. The Morgan fingerprint density at radius 3 is 1.56 bits per heavy atom. The summed E-state index contributed by atoms with van der Waals surface area (Å²) in [6.07, 6.45) is 1.97. The summed E-state index contributed by atoms with van der Waals surface area (Å²) in [5.74, 6) is 2.32. The number of rotatable bonds is 3. The summed E-state index contributed by atoms with van der Waals surface area (Å²) in [5.41, 5.74) is 12.0. The number of aromatic nitrogens is 8. The van der Waals surface area contributed by atoms with Crippen molar-refractivity contribution in [3.63, 3.8) is 0 Å². The van der Waals surface area contributed by atoms with E-state index in [1.54, 1.807) is 0 Å². The molecule has 0 saturated carbocycles. The van der Waals surface area contributed by atoms with Crippen molar-refractivity contribution in [1.82, 2.24) is 37.5 Å². The number of nitrogens with zero attached hydrogens (tertiary/aromatic N) is 8. The first-order valence-corrected chi connectivity index (χ1v) is 16.9. The quantitative estimate of drug-likeness (QED) is 0.167. The normalized spacial score (nSPS) is 12.1. The second-order valence-corrected chi connectivity index (χ2v) is 12.9. The molecule has 6 aromatic heterocycles. The van der Waals surface area contributed by atoms with Gasteiger partial charge < -0.3 is 9.13 Å². The van der Waals surface area contributed by atoms with Crippen molar-refractivity contribution in [2.24, 2.45) is 0 Å². The minimum Gasteiger partial charge on any atom is -0.370 e. The van der Waals surface area contributed by atoms with Crippen molar-refractivity contribution in [1.29, 1.82) is 0 Å². The standard InChI is InChI=1S/C43H24N8.Pt/c1-4-17-33-29(14-1)30-26-44-41(51-39-23-10-9-22-38(39)50-35-19-6-3-16-32(35)46-43(50)51)25-40(30)47(33)27-12-11-13-28(24-27)48-36-20-7-8-21-37(36)49-34-18-5-2-15-31(34)45-42(48)49;/h1-23,26H;/q-2;+2. The SMILES string of the molecule is [Pt+2].[c-]1c(-n2c3[c-]c(-n4c5ccccc5n5c6ccccc6nc45)ncc3c3ccccc32)cccc1-n1c2ccccc2n2c3ccccc3nc12. The molecule has 246 valence electrons. The zero-order valence-electron chi connectivity index (χ0n) is 27.3. The van der Waals surface area contributed by atoms with Gasteiger partial charge in [-0.15, -0.1) is 29.1 Å². The van der Waals surface area contributed by atoms with E-state index < -0.39 is 0 Å². The third kappa shape index (κ3) is 3.82. The molecule has 9 heteroatoms. The molecular weight excluding hydrogens is 824 g/mol. The second kappa shape index (κ2) is 10.8. The molecule has 0 aliphatic carbocycles. The number of hydrogen-bond donors (Lipinski definition) is 0. The van der Waals surface area contributed by atoms with Gasteiger partial charge in [-0.25, -0.2) is 9.97 Å². The Hall–Kier alpha value is -6.50. The van der Waals surface area contributed by atoms with Crippen molar-refractivity contribution < 1.29 is 21.1 Å². The first-order chi connectivity index (χ1) is 25.3. The molecule has 0 bridgehead atoms. The minimum absolute atomic E-state index is 0. The van der Waals surface area contributed by atoms with Crippen LogP contribution in [0, 0.1) is 12.1 Å². The van der Waals surface area contributed by atoms with Crippen molar-refractivity contribution in [3.05, 3.63) is 158 Å². The summed E-state index contributed by atoms with van der Waals surface area (Å²) in [6.45, 7) is 0. The molecule has 0 fully saturated rings. The van der Waals surface area contributed by atoms with Crippen molar-refractivity contribution in [3.8, 4) is 17.2 Å². The van der Waals surface area contributed by atoms with E-state index in [1.807, 2.05) is 18.3 Å². The van der Waals surface area contributed by atoms with Crippen LogP contribution in [0.1, 0.15) is 0 Å². The van der Waals surface area contributed by atoms with Gasteiger partial charge in [0.25, 0.3) is 0 Å². The molecule has 12 rings (SSSR count). The smallest absolute Gasteiger partial charge is 0.370 e. The van der Waals surface area contributed by atoms with E-state index >= 15 is 0 Å². The summed E-state index contributed by atoms with van der Waals surface area (Å²) in [7, 11) is 0. The number of para-hydroxylation sites is 9. The summed E-state index contributed by atoms with van der Waals surface area (Å²) in [5, 5.41) is 2.12. The minimum atomic E-state index is 0. The molecular formula is C43H24N8Pt. The molecule has 0 aliphatic rings. The van der Waals surface area contributed by atoms with E-state index in [1.165, 1.54) is 0 Å². The van der Waals surface area contributed by atoms with Crippen molar-refractivity contribution >= 4 is 77.5 Å². The molecule has 52 heavy (non-hydrogen) atoms. The topological polar surface area (TPSA) is 62.3 Å². The molecule has 0 spiro atoms. The monoisotopic (exact) mass is 847 g/mol. The van der Waals surface area contributed by atoms with Gasteiger partial charge in [-0.2, -0.15) is 12.1 Å². The molecule has 0 aliphatic heterocycles. The van der Waals surface area contributed by atoms with Crippen LogP contribution in [0.4, 0.5) is 0 Å². The Morgan fingerprint density at radius 1 is 0.404 bits per heavy atom. The predicted octanol–water partition coefficient (Wildman–Crippen LogP) is 9.27. The maximum absolute atomic E-state index is 5.10. The first-order valence-electron chi connectivity index (χ1n) is 16.9. The fourth-order valence-corrected chi connectivity index (χ4v) is 8.00. The number of pyridine rings is 1. The van der Waals surface area contributed by atoms with E-state index in [9.17, 15) is 0 Å². The van der Waals surface area contributed by atoms with Crippen LogP contribution in [0.5, 0.6) is 0 Å². The van der Waals surface area contributed by atoms with Crippen LogP contribution in [0.25, 0.3) is 94.7 Å². The van der Waals surface area contributed by atoms with E-state index in [2.05, 4.69) is 162 Å². The van der Waals surface area contributed by atoms with Gasteiger partial charge in [0.2, 0.25) is 11.6 Å². The summed E-state index contributed by atoms with van der Waals surface area (Å²) < 4.78 is 11.0. The average molecular weight is 848 g/mol. The number of hydrogen-bond acceptors (Lipinski definition) is 3. The second-order valence-electron chi connectivity index (χ2n) is 12.9. The molecule has 12 aromatic rings. The van der Waals surface area contributed by atoms with Crippen LogP contribution in [-0.2, 0) is 21.1 Å². The molecule has 0 radical (unpaired) electrons. The van der Waals surface area contributed by atoms with Crippen LogP contribution >= 0.6 is 0 Å². The molecule has 8 nitrogen and oxygen atoms in total. The Balaban J connectivity index is 0.00000320. The summed E-state index contributed by atoms with van der Waals surface area (Å²) in [4.78, 5) is 15.2. The van der Waals surface area contributed by atoms with Crippen LogP contribution in [0.15, 0.2) is 146 Å². The maximum Gasteiger partial charge on any atom is 2.00 e. The van der Waals surface area contributed by atoms with Crippen LogP contribution in [0.2, 0.25) is 0 Å². The Labute approximate surface area is 309 Å². The largest absolute Gasteiger partial charge is 2.00 e. The molecule has 0 N–H and O–H groups in total. The Morgan fingerprint density at radius 2 is 0.904 bits per heavy atom. The molecule has 6 aromatic carbocycles. The van der Waals surface area contributed by atoms with E-state index in [0.29, 0.717) is 5.82 Å². The van der Waals surface area contributed by atoms with Crippen molar-refractivity contribution in [2.45, 2.75) is 0 Å². The van der Waals surface area contributed by atoms with Gasteiger partial charge in [-0.05, 0) is 60.8 Å². The summed E-state index contributed by atoms with van der Waals surface area (Å²) >= 11 is 0. The average Bonchev–Trinajstić information content (AvgIpc) is 3.97. The Bertz CT molecular complexity index is 3390. The van der Waals surface area contributed by atoms with Gasteiger partial charge in [0, 0.05) is 11.3 Å². The van der Waals surface area contributed by atoms with Gasteiger partial charge in [0.15, 0.2) is 0 Å². The zero-order valence-corrected chi connectivity index (χ0v) is 29.5. The van der Waals surface area contributed by atoms with Gasteiger partial charge >= 0.3 is 21.1 Å². The van der Waals surface area contributed by atoms with Gasteiger partial charge in [0.1, 0.15) is 0 Å². The molecule has 6 heterocycles. The summed E-state index contributed by atoms with van der Waals surface area (Å²) in [6, 6.07) is 55.7. The van der Waals surface area contributed by atoms with Crippen LogP contribution in [0.3, 0.4) is 0 Å². The zero-order chi connectivity index (χ0) is 33.2. The van der Waals surface area contributed by atoms with Gasteiger partial charge in [-0.3, -0.25) is 18.4 Å². The molecule has 0 amide bonds. The van der Waals surface area contributed by atoms with Crippen molar-refractivity contribution in [2.75, 3.05) is 0 Å². The van der Waals surface area contributed by atoms with Gasteiger partial charge in [0.05, 0.1) is 44.1 Å².